The summed E-state index contributed by atoms with van der Waals surface area (Å²) in [7, 11) is 0. The number of aliphatic hydroxyl groups is 1. The molecule has 1 aliphatic heterocycles. The van der Waals surface area contributed by atoms with Crippen molar-refractivity contribution >= 4 is 5.82 Å². The first kappa shape index (κ1) is 12.3. The normalized spacial score (nSPS) is 25.7. The second-order valence-electron chi connectivity index (χ2n) is 5.06. The SMILES string of the molecule is CCc1cc(N2CCCC(C)(O)CC2)ncn1. The van der Waals surface area contributed by atoms with E-state index in [1.165, 1.54) is 0 Å². The van der Waals surface area contributed by atoms with Crippen LogP contribution in [-0.4, -0.2) is 33.8 Å². The Morgan fingerprint density at radius 1 is 1.35 bits per heavy atom. The molecule has 1 aromatic heterocycles. The second kappa shape index (κ2) is 5.00. The van der Waals surface area contributed by atoms with Crippen molar-refractivity contribution < 1.29 is 5.11 Å². The Bertz CT molecular complexity index is 379. The third-order valence-electron chi connectivity index (χ3n) is 3.46. The molecule has 1 saturated heterocycles. The van der Waals surface area contributed by atoms with Crippen molar-refractivity contribution in [2.45, 2.75) is 45.1 Å². The smallest absolute Gasteiger partial charge is 0.132 e. The Kier molecular flexibility index (Phi) is 3.62. The monoisotopic (exact) mass is 235 g/mol. The maximum absolute atomic E-state index is 10.1. The molecule has 4 heteroatoms. The maximum Gasteiger partial charge on any atom is 0.132 e. The van der Waals surface area contributed by atoms with Crippen LogP contribution in [0.4, 0.5) is 5.82 Å². The molecule has 1 aliphatic rings. The first-order valence-electron chi connectivity index (χ1n) is 6.39. The molecule has 0 amide bonds. The van der Waals surface area contributed by atoms with Gasteiger partial charge in [-0.05, 0) is 32.6 Å². The fourth-order valence-corrected chi connectivity index (χ4v) is 2.24. The summed E-state index contributed by atoms with van der Waals surface area (Å²) in [4.78, 5) is 10.8. The summed E-state index contributed by atoms with van der Waals surface area (Å²) in [5, 5.41) is 10.1. The van der Waals surface area contributed by atoms with Gasteiger partial charge in [-0.15, -0.1) is 0 Å². The number of anilines is 1. The minimum atomic E-state index is -0.518. The zero-order chi connectivity index (χ0) is 12.3. The van der Waals surface area contributed by atoms with E-state index in [2.05, 4.69) is 27.9 Å². The van der Waals surface area contributed by atoms with Crippen LogP contribution < -0.4 is 4.90 Å². The van der Waals surface area contributed by atoms with Crippen LogP contribution in [0.5, 0.6) is 0 Å². The molecule has 1 aromatic rings. The van der Waals surface area contributed by atoms with Crippen LogP contribution in [0, 0.1) is 0 Å². The first-order valence-corrected chi connectivity index (χ1v) is 6.39. The van der Waals surface area contributed by atoms with Gasteiger partial charge in [0.2, 0.25) is 0 Å². The summed E-state index contributed by atoms with van der Waals surface area (Å²) in [6.45, 7) is 5.86. The van der Waals surface area contributed by atoms with Gasteiger partial charge in [-0.1, -0.05) is 6.92 Å². The molecule has 0 spiro atoms. The molecule has 1 atom stereocenters. The number of nitrogens with zero attached hydrogens (tertiary/aromatic N) is 3. The topological polar surface area (TPSA) is 49.2 Å². The average Bonchev–Trinajstić information content (AvgIpc) is 2.50. The van der Waals surface area contributed by atoms with Gasteiger partial charge in [-0.3, -0.25) is 0 Å². The summed E-state index contributed by atoms with van der Waals surface area (Å²) in [6, 6.07) is 2.06. The van der Waals surface area contributed by atoms with Crippen LogP contribution in [0.3, 0.4) is 0 Å². The molecule has 2 rings (SSSR count). The van der Waals surface area contributed by atoms with Gasteiger partial charge in [0.25, 0.3) is 0 Å². The van der Waals surface area contributed by atoms with E-state index in [4.69, 9.17) is 0 Å². The molecular formula is C13H21N3O. The minimum Gasteiger partial charge on any atom is -0.390 e. The average molecular weight is 235 g/mol. The summed E-state index contributed by atoms with van der Waals surface area (Å²) in [5.74, 6) is 0.995. The lowest BCUT2D eigenvalue weighted by molar-refractivity contribution is 0.0481. The third kappa shape index (κ3) is 3.16. The number of hydrogen-bond acceptors (Lipinski definition) is 4. The molecule has 2 heterocycles. The van der Waals surface area contributed by atoms with Crippen LogP contribution in [0.15, 0.2) is 12.4 Å². The van der Waals surface area contributed by atoms with Crippen molar-refractivity contribution in [3.63, 3.8) is 0 Å². The maximum atomic E-state index is 10.1. The Labute approximate surface area is 103 Å². The van der Waals surface area contributed by atoms with Gasteiger partial charge in [-0.2, -0.15) is 0 Å². The highest BCUT2D eigenvalue weighted by atomic mass is 16.3. The van der Waals surface area contributed by atoms with E-state index >= 15 is 0 Å². The Morgan fingerprint density at radius 2 is 2.18 bits per heavy atom. The first-order chi connectivity index (χ1) is 8.11. The number of aromatic nitrogens is 2. The highest BCUT2D eigenvalue weighted by molar-refractivity contribution is 5.39. The molecule has 4 nitrogen and oxygen atoms in total. The Balaban J connectivity index is 2.11. The summed E-state index contributed by atoms with van der Waals surface area (Å²) in [5.41, 5.74) is 0.557. The summed E-state index contributed by atoms with van der Waals surface area (Å²) in [6.07, 6.45) is 5.25. The predicted octanol–water partition coefficient (Wildman–Crippen LogP) is 1.78. The van der Waals surface area contributed by atoms with E-state index in [1.54, 1.807) is 6.33 Å². The molecule has 1 unspecified atom stereocenters. The van der Waals surface area contributed by atoms with Crippen molar-refractivity contribution in [3.8, 4) is 0 Å². The fourth-order valence-electron chi connectivity index (χ4n) is 2.24. The fraction of sp³-hybridized carbons (Fsp3) is 0.692. The van der Waals surface area contributed by atoms with Crippen LogP contribution in [-0.2, 0) is 6.42 Å². The standard InChI is InChI=1S/C13H21N3O/c1-3-11-9-12(15-10-14-11)16-7-4-5-13(2,17)6-8-16/h9-10,17H,3-8H2,1-2H3. The van der Waals surface area contributed by atoms with Gasteiger partial charge in [0.15, 0.2) is 0 Å². The lowest BCUT2D eigenvalue weighted by Crippen LogP contribution is -2.28. The highest BCUT2D eigenvalue weighted by Gasteiger charge is 2.25. The van der Waals surface area contributed by atoms with Crippen molar-refractivity contribution in [2.75, 3.05) is 18.0 Å². The minimum absolute atomic E-state index is 0.518. The lowest BCUT2D eigenvalue weighted by Gasteiger charge is -2.23. The lowest BCUT2D eigenvalue weighted by atomic mass is 9.98. The summed E-state index contributed by atoms with van der Waals surface area (Å²) < 4.78 is 0. The van der Waals surface area contributed by atoms with E-state index in [0.29, 0.717) is 0 Å². The molecule has 0 bridgehead atoms. The van der Waals surface area contributed by atoms with Gasteiger partial charge >= 0.3 is 0 Å². The van der Waals surface area contributed by atoms with Crippen molar-refractivity contribution in [1.82, 2.24) is 9.97 Å². The van der Waals surface area contributed by atoms with Crippen molar-refractivity contribution in [2.24, 2.45) is 0 Å². The van der Waals surface area contributed by atoms with E-state index in [9.17, 15) is 5.11 Å². The van der Waals surface area contributed by atoms with E-state index < -0.39 is 5.60 Å². The molecule has 17 heavy (non-hydrogen) atoms. The summed E-state index contributed by atoms with van der Waals surface area (Å²) >= 11 is 0. The number of hydrogen-bond donors (Lipinski definition) is 1. The quantitative estimate of drug-likeness (QED) is 0.849. The molecular weight excluding hydrogens is 214 g/mol. The van der Waals surface area contributed by atoms with Gasteiger partial charge in [-0.25, -0.2) is 9.97 Å². The largest absolute Gasteiger partial charge is 0.390 e. The van der Waals surface area contributed by atoms with Crippen LogP contribution in [0.25, 0.3) is 0 Å². The Morgan fingerprint density at radius 3 is 2.94 bits per heavy atom. The molecule has 94 valence electrons. The molecule has 0 aliphatic carbocycles. The molecule has 0 radical (unpaired) electrons. The molecule has 1 N–H and O–H groups in total. The zero-order valence-electron chi connectivity index (χ0n) is 10.7. The molecule has 1 fully saturated rings. The van der Waals surface area contributed by atoms with Gasteiger partial charge in [0.1, 0.15) is 12.1 Å². The van der Waals surface area contributed by atoms with Crippen LogP contribution in [0.1, 0.15) is 38.8 Å². The zero-order valence-corrected chi connectivity index (χ0v) is 10.7. The van der Waals surface area contributed by atoms with E-state index in [-0.39, 0.29) is 0 Å². The molecule has 0 aromatic carbocycles. The predicted molar refractivity (Wildman–Crippen MR) is 68.1 cm³/mol. The van der Waals surface area contributed by atoms with E-state index in [1.807, 2.05) is 6.92 Å². The number of rotatable bonds is 2. The van der Waals surface area contributed by atoms with E-state index in [0.717, 1.165) is 50.3 Å². The van der Waals surface area contributed by atoms with Crippen molar-refractivity contribution in [1.29, 1.82) is 0 Å². The van der Waals surface area contributed by atoms with Gasteiger partial charge in [0, 0.05) is 24.8 Å². The van der Waals surface area contributed by atoms with Crippen LogP contribution >= 0.6 is 0 Å². The van der Waals surface area contributed by atoms with Crippen LogP contribution in [0.2, 0.25) is 0 Å². The highest BCUT2D eigenvalue weighted by Crippen LogP contribution is 2.24. The molecule has 0 saturated carbocycles. The van der Waals surface area contributed by atoms with Gasteiger partial charge in [0.05, 0.1) is 5.60 Å². The Hall–Kier alpha value is -1.16. The van der Waals surface area contributed by atoms with Gasteiger partial charge < -0.3 is 10.0 Å². The third-order valence-corrected chi connectivity index (χ3v) is 3.46. The second-order valence-corrected chi connectivity index (χ2v) is 5.06. The number of aryl methyl sites for hydroxylation is 1. The van der Waals surface area contributed by atoms with Crippen molar-refractivity contribution in [3.05, 3.63) is 18.1 Å².